The van der Waals surface area contributed by atoms with E-state index in [1.54, 1.807) is 6.26 Å². The summed E-state index contributed by atoms with van der Waals surface area (Å²) in [4.78, 5) is 16.2. The molecule has 1 aliphatic heterocycles. The molecule has 1 saturated heterocycles. The van der Waals surface area contributed by atoms with Gasteiger partial charge in [-0.05, 0) is 6.26 Å². The van der Waals surface area contributed by atoms with E-state index in [9.17, 15) is 20.1 Å². The third-order valence-electron chi connectivity index (χ3n) is 3.55. The van der Waals surface area contributed by atoms with Crippen LogP contribution < -0.4 is 10.9 Å². The Bertz CT molecular complexity index is 628. The van der Waals surface area contributed by atoms with E-state index in [0.717, 1.165) is 0 Å². The van der Waals surface area contributed by atoms with Gasteiger partial charge < -0.3 is 30.5 Å². The van der Waals surface area contributed by atoms with Crippen LogP contribution in [0.5, 0.6) is 0 Å². The number of aliphatic hydroxyl groups is 4. The van der Waals surface area contributed by atoms with Crippen molar-refractivity contribution in [2.45, 2.75) is 35.8 Å². The third kappa shape index (κ3) is 3.48. The van der Waals surface area contributed by atoms with Gasteiger partial charge in [0, 0.05) is 7.05 Å². The Balaban J connectivity index is 2.31. The van der Waals surface area contributed by atoms with E-state index in [2.05, 4.69) is 10.3 Å². The molecule has 0 aromatic carbocycles. The predicted octanol–water partition coefficient (Wildman–Crippen LogP) is -1.63. The monoisotopic (exact) mass is 367 g/mol. The molecule has 1 aliphatic rings. The summed E-state index contributed by atoms with van der Waals surface area (Å²) in [5, 5.41) is 41.5. The number of nitrogens with one attached hydrogen (secondary N) is 1. The van der Waals surface area contributed by atoms with Crippen molar-refractivity contribution in [3.63, 3.8) is 0 Å². The molecule has 5 atom stereocenters. The molecule has 0 bridgehead atoms. The molecule has 0 unspecified atom stereocenters. The molecule has 0 amide bonds. The first-order valence-electron chi connectivity index (χ1n) is 6.69. The zero-order valence-electron chi connectivity index (χ0n) is 12.4. The smallest absolute Gasteiger partial charge is 0.274 e. The van der Waals surface area contributed by atoms with E-state index in [1.807, 2.05) is 0 Å². The highest BCUT2D eigenvalue weighted by molar-refractivity contribution is 7.98. The quantitative estimate of drug-likeness (QED) is 0.313. The van der Waals surface area contributed by atoms with E-state index in [-0.39, 0.29) is 10.8 Å². The number of nitrogens with zero attached hydrogens (tertiary/aromatic N) is 2. The van der Waals surface area contributed by atoms with Gasteiger partial charge in [-0.25, -0.2) is 4.98 Å². The number of ether oxygens (including phenoxy) is 1. The van der Waals surface area contributed by atoms with Crippen LogP contribution in [0, 0.1) is 0 Å². The Morgan fingerprint density at radius 1 is 1.35 bits per heavy atom. The SMILES string of the molecule is CSc1nc(N[C@@H]2O[C@@H](CO)[C@@H](O)[C@@H](O)[C@H]2O)c(Cl)c(=O)n1C. The Kier molecular flexibility index (Phi) is 5.89. The highest BCUT2D eigenvalue weighted by Crippen LogP contribution is 2.25. The molecule has 5 N–H and O–H groups in total. The normalized spacial score (nSPS) is 31.2. The number of hydrogen-bond donors (Lipinski definition) is 5. The maximum absolute atomic E-state index is 12.0. The predicted molar refractivity (Wildman–Crippen MR) is 83.7 cm³/mol. The Morgan fingerprint density at radius 2 is 2.00 bits per heavy atom. The third-order valence-corrected chi connectivity index (χ3v) is 4.62. The van der Waals surface area contributed by atoms with Crippen LogP contribution >= 0.6 is 23.4 Å². The molecular weight excluding hydrogens is 350 g/mol. The van der Waals surface area contributed by atoms with E-state index < -0.39 is 42.8 Å². The summed E-state index contributed by atoms with van der Waals surface area (Å²) in [5.41, 5.74) is -0.488. The fraction of sp³-hybridized carbons (Fsp3) is 0.667. The van der Waals surface area contributed by atoms with Gasteiger partial charge >= 0.3 is 0 Å². The number of aromatic nitrogens is 2. The van der Waals surface area contributed by atoms with Crippen LogP contribution in [0.25, 0.3) is 0 Å². The summed E-state index contributed by atoms with van der Waals surface area (Å²) in [7, 11) is 1.52. The lowest BCUT2D eigenvalue weighted by molar-refractivity contribution is -0.221. The van der Waals surface area contributed by atoms with Crippen LogP contribution in [-0.4, -0.2) is 73.5 Å². The number of hydrogen-bond acceptors (Lipinski definition) is 9. The van der Waals surface area contributed by atoms with Crippen LogP contribution in [0.1, 0.15) is 0 Å². The topological polar surface area (TPSA) is 137 Å². The summed E-state index contributed by atoms with van der Waals surface area (Å²) >= 11 is 7.19. The second-order valence-electron chi connectivity index (χ2n) is 5.02. The minimum absolute atomic E-state index is 0.0246. The zero-order chi connectivity index (χ0) is 17.3. The van der Waals surface area contributed by atoms with E-state index in [1.165, 1.54) is 23.4 Å². The molecule has 1 aromatic heterocycles. The number of rotatable bonds is 4. The van der Waals surface area contributed by atoms with Gasteiger partial charge in [0.25, 0.3) is 5.56 Å². The average Bonchev–Trinajstić information content (AvgIpc) is 2.55. The zero-order valence-corrected chi connectivity index (χ0v) is 14.0. The first-order valence-corrected chi connectivity index (χ1v) is 8.29. The van der Waals surface area contributed by atoms with Crippen molar-refractivity contribution >= 4 is 29.2 Å². The molecule has 0 radical (unpaired) electrons. The molecule has 1 fully saturated rings. The maximum atomic E-state index is 12.0. The molecule has 9 nitrogen and oxygen atoms in total. The van der Waals surface area contributed by atoms with Crippen molar-refractivity contribution < 1.29 is 25.2 Å². The molecule has 1 aromatic rings. The van der Waals surface area contributed by atoms with Crippen LogP contribution in [-0.2, 0) is 11.8 Å². The Hall–Kier alpha value is -0.880. The van der Waals surface area contributed by atoms with Crippen molar-refractivity contribution in [1.29, 1.82) is 0 Å². The van der Waals surface area contributed by atoms with Gasteiger partial charge in [0.2, 0.25) is 0 Å². The molecule has 2 rings (SSSR count). The second-order valence-corrected chi connectivity index (χ2v) is 6.17. The molecule has 0 spiro atoms. The highest BCUT2D eigenvalue weighted by Gasteiger charge is 2.43. The van der Waals surface area contributed by atoms with E-state index in [4.69, 9.17) is 21.4 Å². The van der Waals surface area contributed by atoms with Gasteiger partial charge in [-0.2, -0.15) is 0 Å². The maximum Gasteiger partial charge on any atom is 0.274 e. The van der Waals surface area contributed by atoms with Gasteiger partial charge in [0.15, 0.2) is 17.2 Å². The van der Waals surface area contributed by atoms with Crippen molar-refractivity contribution in [1.82, 2.24) is 9.55 Å². The number of halogens is 1. The molecule has 23 heavy (non-hydrogen) atoms. The number of thioether (sulfide) groups is 1. The van der Waals surface area contributed by atoms with Gasteiger partial charge in [0.1, 0.15) is 29.4 Å². The van der Waals surface area contributed by atoms with Crippen molar-refractivity contribution in [3.05, 3.63) is 15.4 Å². The lowest BCUT2D eigenvalue weighted by Gasteiger charge is -2.40. The van der Waals surface area contributed by atoms with E-state index >= 15 is 0 Å². The van der Waals surface area contributed by atoms with Crippen molar-refractivity contribution in [3.8, 4) is 0 Å². The Labute approximate surface area is 140 Å². The van der Waals surface area contributed by atoms with Crippen molar-refractivity contribution in [2.75, 3.05) is 18.2 Å². The van der Waals surface area contributed by atoms with Crippen LogP contribution in [0.4, 0.5) is 5.82 Å². The van der Waals surface area contributed by atoms with Gasteiger partial charge in [-0.15, -0.1) is 0 Å². The minimum atomic E-state index is -1.54. The lowest BCUT2D eigenvalue weighted by Crippen LogP contribution is -2.60. The van der Waals surface area contributed by atoms with Gasteiger partial charge in [-0.3, -0.25) is 9.36 Å². The number of aliphatic hydroxyl groups excluding tert-OH is 4. The largest absolute Gasteiger partial charge is 0.394 e. The Morgan fingerprint density at radius 3 is 2.57 bits per heavy atom. The van der Waals surface area contributed by atoms with Crippen LogP contribution in [0.2, 0.25) is 5.02 Å². The molecule has 130 valence electrons. The van der Waals surface area contributed by atoms with Gasteiger partial charge in [-0.1, -0.05) is 23.4 Å². The second kappa shape index (κ2) is 7.34. The fourth-order valence-electron chi connectivity index (χ4n) is 2.19. The van der Waals surface area contributed by atoms with Crippen molar-refractivity contribution in [2.24, 2.45) is 7.05 Å². The first kappa shape index (κ1) is 18.5. The molecule has 11 heteroatoms. The van der Waals surface area contributed by atoms with Crippen LogP contribution in [0.15, 0.2) is 9.95 Å². The summed E-state index contributed by atoms with van der Waals surface area (Å²) < 4.78 is 6.57. The summed E-state index contributed by atoms with van der Waals surface area (Å²) in [6.45, 7) is -0.559. The first-order chi connectivity index (χ1) is 10.8. The summed E-state index contributed by atoms with van der Waals surface area (Å²) in [6.07, 6.45) is -5.07. The number of anilines is 1. The molecule has 0 saturated carbocycles. The molecule has 0 aliphatic carbocycles. The van der Waals surface area contributed by atoms with Gasteiger partial charge in [0.05, 0.1) is 6.61 Å². The fourth-order valence-corrected chi connectivity index (χ4v) is 2.95. The summed E-state index contributed by atoms with van der Waals surface area (Å²) in [5.74, 6) is -0.0246. The average molecular weight is 368 g/mol. The summed E-state index contributed by atoms with van der Waals surface area (Å²) in [6, 6.07) is 0. The minimum Gasteiger partial charge on any atom is -0.394 e. The standard InChI is InChI=1S/C12H18ClN3O6S/c1-16-11(21)5(13)9(15-12(16)23-2)14-10-8(20)7(19)6(18)4(3-17)22-10/h4,6-8,10,14,17-20H,3H2,1-2H3/t4-,6+,7+,8+,10+/m0/s1. The highest BCUT2D eigenvalue weighted by atomic mass is 35.5. The molecule has 2 heterocycles. The van der Waals surface area contributed by atoms with Crippen LogP contribution in [0.3, 0.4) is 0 Å². The lowest BCUT2D eigenvalue weighted by atomic mass is 9.98. The molecular formula is C12H18ClN3O6S. The van der Waals surface area contributed by atoms with E-state index in [0.29, 0.717) is 5.16 Å².